The van der Waals surface area contributed by atoms with E-state index in [0.717, 1.165) is 38.1 Å². The number of hydrogen-bond acceptors (Lipinski definition) is 3. The molecule has 1 N–H and O–H groups in total. The third kappa shape index (κ3) is 3.23. The van der Waals surface area contributed by atoms with Crippen molar-refractivity contribution in [1.29, 1.82) is 0 Å². The molecule has 0 spiro atoms. The van der Waals surface area contributed by atoms with Crippen molar-refractivity contribution in [1.82, 2.24) is 10.2 Å². The normalized spacial score (nSPS) is 23.3. The zero-order valence-electron chi connectivity index (χ0n) is 12.0. The van der Waals surface area contributed by atoms with Gasteiger partial charge in [-0.15, -0.1) is 0 Å². The summed E-state index contributed by atoms with van der Waals surface area (Å²) in [6.45, 7) is 2.68. The molecule has 3 rings (SSSR count). The van der Waals surface area contributed by atoms with Crippen LogP contribution in [0.4, 0.5) is 0 Å². The van der Waals surface area contributed by atoms with Crippen LogP contribution in [0.25, 0.3) is 0 Å². The first-order valence-electron chi connectivity index (χ1n) is 7.85. The molecule has 1 aliphatic carbocycles. The molecule has 110 valence electrons. The quantitative estimate of drug-likeness (QED) is 0.899. The van der Waals surface area contributed by atoms with Crippen LogP contribution in [-0.2, 0) is 11.3 Å². The van der Waals surface area contributed by atoms with E-state index >= 15 is 0 Å². The van der Waals surface area contributed by atoms with Gasteiger partial charge in [-0.25, -0.2) is 0 Å². The second kappa shape index (κ2) is 6.44. The fourth-order valence-electron chi connectivity index (χ4n) is 3.46. The van der Waals surface area contributed by atoms with E-state index < -0.39 is 0 Å². The zero-order chi connectivity index (χ0) is 13.8. The maximum absolute atomic E-state index is 12.7. The maximum atomic E-state index is 12.7. The van der Waals surface area contributed by atoms with Gasteiger partial charge < -0.3 is 14.6 Å². The second-order valence-corrected chi connectivity index (χ2v) is 6.10. The van der Waals surface area contributed by atoms with Crippen LogP contribution in [0.3, 0.4) is 0 Å². The topological polar surface area (TPSA) is 45.5 Å². The fourth-order valence-corrected chi connectivity index (χ4v) is 3.46. The Labute approximate surface area is 120 Å². The Morgan fingerprint density at radius 2 is 2.20 bits per heavy atom. The van der Waals surface area contributed by atoms with Crippen molar-refractivity contribution < 1.29 is 9.21 Å². The van der Waals surface area contributed by atoms with Gasteiger partial charge >= 0.3 is 0 Å². The van der Waals surface area contributed by atoms with Crippen molar-refractivity contribution in [2.24, 2.45) is 5.92 Å². The third-order valence-electron chi connectivity index (χ3n) is 4.62. The predicted octanol–water partition coefficient (Wildman–Crippen LogP) is 2.55. The maximum Gasteiger partial charge on any atom is 0.223 e. The summed E-state index contributed by atoms with van der Waals surface area (Å²) in [4.78, 5) is 14.7. The van der Waals surface area contributed by atoms with E-state index in [1.54, 1.807) is 6.26 Å². The highest BCUT2D eigenvalue weighted by atomic mass is 16.3. The summed E-state index contributed by atoms with van der Waals surface area (Å²) in [7, 11) is 0. The van der Waals surface area contributed by atoms with E-state index in [4.69, 9.17) is 4.42 Å². The number of rotatable bonds is 5. The molecule has 20 heavy (non-hydrogen) atoms. The minimum atomic E-state index is 0.307. The highest BCUT2D eigenvalue weighted by molar-refractivity contribution is 5.76. The van der Waals surface area contributed by atoms with Crippen molar-refractivity contribution in [3.05, 3.63) is 24.2 Å². The molecule has 0 aromatic carbocycles. The molecule has 0 bridgehead atoms. The fraction of sp³-hybridized carbons (Fsp3) is 0.688. The molecule has 1 aliphatic heterocycles. The van der Waals surface area contributed by atoms with Crippen LogP contribution in [0.15, 0.2) is 22.8 Å². The summed E-state index contributed by atoms with van der Waals surface area (Å²) in [5.41, 5.74) is 0. The monoisotopic (exact) mass is 276 g/mol. The number of amides is 1. The lowest BCUT2D eigenvalue weighted by atomic mass is 10.0. The van der Waals surface area contributed by atoms with Gasteiger partial charge in [0.2, 0.25) is 5.91 Å². The van der Waals surface area contributed by atoms with Crippen LogP contribution in [0.2, 0.25) is 0 Å². The molecule has 1 aromatic rings. The molecule has 1 atom stereocenters. The summed E-state index contributed by atoms with van der Waals surface area (Å²) in [6.07, 6.45) is 8.29. The van der Waals surface area contributed by atoms with Gasteiger partial charge in [0.1, 0.15) is 5.76 Å². The minimum Gasteiger partial charge on any atom is -0.467 e. The molecule has 2 aliphatic rings. The molecule has 4 nitrogen and oxygen atoms in total. The lowest BCUT2D eigenvalue weighted by Crippen LogP contribution is -2.39. The lowest BCUT2D eigenvalue weighted by Gasteiger charge is -2.29. The van der Waals surface area contributed by atoms with Crippen molar-refractivity contribution in [3.63, 3.8) is 0 Å². The molecule has 1 amide bonds. The Balaban J connectivity index is 1.65. The van der Waals surface area contributed by atoms with E-state index in [-0.39, 0.29) is 0 Å². The highest BCUT2D eigenvalue weighted by Crippen LogP contribution is 2.27. The first-order valence-corrected chi connectivity index (χ1v) is 7.85. The summed E-state index contributed by atoms with van der Waals surface area (Å²) >= 11 is 0. The third-order valence-corrected chi connectivity index (χ3v) is 4.62. The van der Waals surface area contributed by atoms with Crippen LogP contribution >= 0.6 is 0 Å². The van der Waals surface area contributed by atoms with Gasteiger partial charge in [0.15, 0.2) is 0 Å². The molecule has 1 saturated heterocycles. The van der Waals surface area contributed by atoms with E-state index in [0.29, 0.717) is 30.8 Å². The largest absolute Gasteiger partial charge is 0.467 e. The highest BCUT2D eigenvalue weighted by Gasteiger charge is 2.29. The smallest absolute Gasteiger partial charge is 0.223 e. The molecular weight excluding hydrogens is 252 g/mol. The number of hydrogen-bond donors (Lipinski definition) is 1. The minimum absolute atomic E-state index is 0.307. The standard InChI is InChI=1S/C16H24N2O2/c19-16(10-13-7-8-17-11-13)18(14-4-1-2-5-14)12-15-6-3-9-20-15/h3,6,9,13-14,17H,1-2,4-5,7-8,10-12H2. The summed E-state index contributed by atoms with van der Waals surface area (Å²) in [5, 5.41) is 3.34. The molecule has 4 heteroatoms. The van der Waals surface area contributed by atoms with Gasteiger partial charge in [-0.1, -0.05) is 12.8 Å². The Bertz CT molecular complexity index is 418. The van der Waals surface area contributed by atoms with Crippen LogP contribution < -0.4 is 5.32 Å². The number of nitrogens with one attached hydrogen (secondary N) is 1. The summed E-state index contributed by atoms with van der Waals surface area (Å²) in [5.74, 6) is 1.72. The molecule has 1 aromatic heterocycles. The van der Waals surface area contributed by atoms with Gasteiger partial charge in [0, 0.05) is 12.5 Å². The summed E-state index contributed by atoms with van der Waals surface area (Å²) in [6, 6.07) is 4.28. The van der Waals surface area contributed by atoms with Gasteiger partial charge in [-0.2, -0.15) is 0 Å². The van der Waals surface area contributed by atoms with Gasteiger partial charge in [-0.3, -0.25) is 4.79 Å². The molecule has 2 fully saturated rings. The second-order valence-electron chi connectivity index (χ2n) is 6.10. The number of carbonyl (C=O) groups excluding carboxylic acids is 1. The zero-order valence-corrected chi connectivity index (χ0v) is 12.0. The average Bonchev–Trinajstić information content (AvgIpc) is 3.19. The predicted molar refractivity (Wildman–Crippen MR) is 77.1 cm³/mol. The molecule has 1 saturated carbocycles. The Morgan fingerprint density at radius 3 is 2.85 bits per heavy atom. The van der Waals surface area contributed by atoms with Crippen molar-refractivity contribution >= 4 is 5.91 Å². The first kappa shape index (κ1) is 13.7. The number of nitrogens with zero attached hydrogens (tertiary/aromatic N) is 1. The Hall–Kier alpha value is -1.29. The number of carbonyl (C=O) groups is 1. The summed E-state index contributed by atoms with van der Waals surface area (Å²) < 4.78 is 5.44. The SMILES string of the molecule is O=C(CC1CCNC1)N(Cc1ccco1)C1CCCC1. The van der Waals surface area contributed by atoms with Crippen LogP contribution in [0.1, 0.15) is 44.3 Å². The van der Waals surface area contributed by atoms with Crippen molar-refractivity contribution in [3.8, 4) is 0 Å². The van der Waals surface area contributed by atoms with Crippen LogP contribution in [0.5, 0.6) is 0 Å². The van der Waals surface area contributed by atoms with Crippen LogP contribution in [-0.4, -0.2) is 29.9 Å². The van der Waals surface area contributed by atoms with Crippen molar-refractivity contribution in [2.45, 2.75) is 51.1 Å². The number of furan rings is 1. The van der Waals surface area contributed by atoms with Gasteiger partial charge in [0.25, 0.3) is 0 Å². The van der Waals surface area contributed by atoms with E-state index in [1.165, 1.54) is 12.8 Å². The molecule has 1 unspecified atom stereocenters. The lowest BCUT2D eigenvalue weighted by molar-refractivity contribution is -0.135. The van der Waals surface area contributed by atoms with E-state index in [1.807, 2.05) is 12.1 Å². The Morgan fingerprint density at radius 1 is 1.35 bits per heavy atom. The van der Waals surface area contributed by atoms with E-state index in [9.17, 15) is 4.79 Å². The Kier molecular flexibility index (Phi) is 4.41. The van der Waals surface area contributed by atoms with Crippen LogP contribution in [0, 0.1) is 5.92 Å². The first-order chi connectivity index (χ1) is 9.83. The average molecular weight is 276 g/mol. The molecule has 2 heterocycles. The molecular formula is C16H24N2O2. The van der Waals surface area contributed by atoms with Crippen molar-refractivity contribution in [2.75, 3.05) is 13.1 Å². The van der Waals surface area contributed by atoms with E-state index in [2.05, 4.69) is 10.2 Å². The van der Waals surface area contributed by atoms with Gasteiger partial charge in [0.05, 0.1) is 12.8 Å². The van der Waals surface area contributed by atoms with Gasteiger partial charge in [-0.05, 0) is 50.4 Å². The molecule has 0 radical (unpaired) electrons.